The van der Waals surface area contributed by atoms with Crippen LogP contribution in [-0.4, -0.2) is 41.1 Å². The van der Waals surface area contributed by atoms with Gasteiger partial charge in [0.25, 0.3) is 0 Å². The van der Waals surface area contributed by atoms with Gasteiger partial charge in [-0.1, -0.05) is 36.4 Å². The summed E-state index contributed by atoms with van der Waals surface area (Å²) in [6.07, 6.45) is 0. The minimum absolute atomic E-state index is 0.246. The second kappa shape index (κ2) is 10.5. The molecule has 2 aromatic carbocycles. The van der Waals surface area contributed by atoms with Gasteiger partial charge in [0.05, 0.1) is 18.6 Å². The highest BCUT2D eigenvalue weighted by Gasteiger charge is 2.12. The van der Waals surface area contributed by atoms with Gasteiger partial charge in [-0.3, -0.25) is 0 Å². The van der Waals surface area contributed by atoms with Crippen molar-refractivity contribution >= 4 is 16.0 Å². The Hall–Kier alpha value is -2.58. The highest BCUT2D eigenvalue weighted by atomic mass is 32.2. The summed E-state index contributed by atoms with van der Waals surface area (Å²) in [6.45, 7) is 3.78. The summed E-state index contributed by atoms with van der Waals surface area (Å²) < 4.78 is 32.3. The third-order valence-corrected chi connectivity index (χ3v) is 5.18. The van der Waals surface area contributed by atoms with Gasteiger partial charge < -0.3 is 15.4 Å². The zero-order valence-corrected chi connectivity index (χ0v) is 16.4. The highest BCUT2D eigenvalue weighted by molar-refractivity contribution is 7.89. The molecule has 0 fully saturated rings. The summed E-state index contributed by atoms with van der Waals surface area (Å²) in [7, 11) is -1.87. The van der Waals surface area contributed by atoms with Crippen molar-refractivity contribution in [2.24, 2.45) is 4.99 Å². The van der Waals surface area contributed by atoms with E-state index in [0.29, 0.717) is 25.6 Å². The van der Waals surface area contributed by atoms with Crippen LogP contribution in [0.1, 0.15) is 12.5 Å². The molecule has 146 valence electrons. The van der Waals surface area contributed by atoms with E-state index in [4.69, 9.17) is 4.74 Å². The Labute approximate surface area is 160 Å². The van der Waals surface area contributed by atoms with Crippen molar-refractivity contribution in [3.63, 3.8) is 0 Å². The van der Waals surface area contributed by atoms with Crippen LogP contribution in [0.2, 0.25) is 0 Å². The van der Waals surface area contributed by atoms with Crippen molar-refractivity contribution in [2.45, 2.75) is 18.4 Å². The molecule has 2 rings (SSSR count). The van der Waals surface area contributed by atoms with E-state index in [9.17, 15) is 8.42 Å². The largest absolute Gasteiger partial charge is 0.496 e. The lowest BCUT2D eigenvalue weighted by Crippen LogP contribution is -2.41. The van der Waals surface area contributed by atoms with Crippen LogP contribution < -0.4 is 20.1 Å². The molecule has 0 heterocycles. The van der Waals surface area contributed by atoms with E-state index in [1.165, 1.54) is 0 Å². The maximum Gasteiger partial charge on any atom is 0.240 e. The van der Waals surface area contributed by atoms with Crippen molar-refractivity contribution < 1.29 is 13.2 Å². The van der Waals surface area contributed by atoms with E-state index in [-0.39, 0.29) is 11.4 Å². The summed E-state index contributed by atoms with van der Waals surface area (Å²) in [5, 5.41) is 6.26. The van der Waals surface area contributed by atoms with Gasteiger partial charge in [-0.2, -0.15) is 0 Å². The van der Waals surface area contributed by atoms with Gasteiger partial charge in [0.15, 0.2) is 5.96 Å². The van der Waals surface area contributed by atoms with E-state index < -0.39 is 10.0 Å². The van der Waals surface area contributed by atoms with Crippen LogP contribution in [-0.2, 0) is 16.6 Å². The molecule has 8 heteroatoms. The Kier molecular flexibility index (Phi) is 8.09. The first kappa shape index (κ1) is 20.7. The molecular formula is C19H26N4O3S. The van der Waals surface area contributed by atoms with Gasteiger partial charge in [-0.25, -0.2) is 18.1 Å². The van der Waals surface area contributed by atoms with E-state index in [2.05, 4.69) is 20.3 Å². The van der Waals surface area contributed by atoms with Crippen molar-refractivity contribution in [3.8, 4) is 5.75 Å². The normalized spacial score (nSPS) is 11.9. The number of hydrogen-bond donors (Lipinski definition) is 3. The number of ether oxygens (including phenoxy) is 1. The van der Waals surface area contributed by atoms with E-state index in [1.807, 2.05) is 31.2 Å². The minimum atomic E-state index is -3.50. The Morgan fingerprint density at radius 2 is 1.70 bits per heavy atom. The fraction of sp³-hybridized carbons (Fsp3) is 0.316. The highest BCUT2D eigenvalue weighted by Crippen LogP contribution is 2.17. The first-order valence-electron chi connectivity index (χ1n) is 8.75. The molecule has 0 aromatic heterocycles. The second-order valence-corrected chi connectivity index (χ2v) is 7.41. The lowest BCUT2D eigenvalue weighted by Gasteiger charge is -2.13. The number of hydrogen-bond acceptors (Lipinski definition) is 4. The van der Waals surface area contributed by atoms with Crippen LogP contribution in [0.5, 0.6) is 5.75 Å². The number of nitrogens with zero attached hydrogens (tertiary/aromatic N) is 1. The summed E-state index contributed by atoms with van der Waals surface area (Å²) in [5.74, 6) is 1.40. The van der Waals surface area contributed by atoms with Crippen LogP contribution in [0.15, 0.2) is 64.5 Å². The maximum atomic E-state index is 12.2. The first-order chi connectivity index (χ1) is 13.1. The molecule has 0 radical (unpaired) electrons. The molecule has 0 aliphatic carbocycles. The number of benzene rings is 2. The van der Waals surface area contributed by atoms with Crippen LogP contribution in [0.25, 0.3) is 0 Å². The van der Waals surface area contributed by atoms with Crippen molar-refractivity contribution in [2.75, 3.05) is 26.7 Å². The monoisotopic (exact) mass is 390 g/mol. The van der Waals surface area contributed by atoms with Crippen molar-refractivity contribution in [1.82, 2.24) is 15.4 Å². The molecule has 0 spiro atoms. The van der Waals surface area contributed by atoms with Gasteiger partial charge >= 0.3 is 0 Å². The van der Waals surface area contributed by atoms with E-state index >= 15 is 0 Å². The van der Waals surface area contributed by atoms with Gasteiger partial charge in [-0.05, 0) is 25.1 Å². The number of guanidine groups is 1. The third-order valence-electron chi connectivity index (χ3n) is 3.71. The van der Waals surface area contributed by atoms with Crippen molar-refractivity contribution in [1.29, 1.82) is 0 Å². The summed E-state index contributed by atoms with van der Waals surface area (Å²) in [5.41, 5.74) is 0.974. The molecule has 7 nitrogen and oxygen atoms in total. The molecule has 0 bridgehead atoms. The molecule has 0 atom stereocenters. The topological polar surface area (TPSA) is 91.8 Å². The smallest absolute Gasteiger partial charge is 0.240 e. The van der Waals surface area contributed by atoms with Crippen molar-refractivity contribution in [3.05, 3.63) is 60.2 Å². The average Bonchev–Trinajstić information content (AvgIpc) is 2.70. The Morgan fingerprint density at radius 1 is 1.00 bits per heavy atom. The molecule has 0 aliphatic heterocycles. The summed E-state index contributed by atoms with van der Waals surface area (Å²) in [6, 6.07) is 16.0. The molecule has 0 amide bonds. The lowest BCUT2D eigenvalue weighted by molar-refractivity contribution is 0.410. The van der Waals surface area contributed by atoms with Crippen LogP contribution in [0, 0.1) is 0 Å². The quantitative estimate of drug-likeness (QED) is 0.345. The molecular weight excluding hydrogens is 364 g/mol. The average molecular weight is 391 g/mol. The van der Waals surface area contributed by atoms with E-state index in [1.54, 1.807) is 37.4 Å². The van der Waals surface area contributed by atoms with Crippen LogP contribution in [0.4, 0.5) is 0 Å². The fourth-order valence-corrected chi connectivity index (χ4v) is 3.44. The zero-order chi connectivity index (χ0) is 19.5. The predicted octanol–water partition coefficient (Wildman–Crippen LogP) is 1.73. The maximum absolute atomic E-state index is 12.2. The zero-order valence-electron chi connectivity index (χ0n) is 15.6. The number of para-hydroxylation sites is 1. The van der Waals surface area contributed by atoms with Crippen LogP contribution >= 0.6 is 0 Å². The predicted molar refractivity (Wildman–Crippen MR) is 107 cm³/mol. The van der Waals surface area contributed by atoms with E-state index in [0.717, 1.165) is 11.3 Å². The molecule has 2 aromatic rings. The molecule has 0 aliphatic rings. The minimum Gasteiger partial charge on any atom is -0.496 e. The second-order valence-electron chi connectivity index (χ2n) is 5.64. The third kappa shape index (κ3) is 6.58. The first-order valence-corrected chi connectivity index (χ1v) is 10.2. The lowest BCUT2D eigenvalue weighted by atomic mass is 10.2. The van der Waals surface area contributed by atoms with Gasteiger partial charge in [0.1, 0.15) is 5.75 Å². The van der Waals surface area contributed by atoms with Gasteiger partial charge in [0.2, 0.25) is 10.0 Å². The number of rotatable bonds is 9. The Morgan fingerprint density at radius 3 is 2.41 bits per heavy atom. The fourth-order valence-electron chi connectivity index (χ4n) is 2.39. The molecule has 3 N–H and O–H groups in total. The Balaban J connectivity index is 1.89. The SMILES string of the molecule is CCNC(=NCc1ccccc1OC)NCCNS(=O)(=O)c1ccccc1. The molecule has 0 saturated carbocycles. The van der Waals surface area contributed by atoms with Gasteiger partial charge in [0, 0.05) is 25.2 Å². The summed E-state index contributed by atoms with van der Waals surface area (Å²) in [4.78, 5) is 4.77. The number of sulfonamides is 1. The molecule has 0 unspecified atom stereocenters. The molecule has 27 heavy (non-hydrogen) atoms. The molecule has 0 saturated heterocycles. The summed E-state index contributed by atoms with van der Waals surface area (Å²) >= 11 is 0. The standard InChI is InChI=1S/C19H26N4O3S/c1-3-20-19(22-15-16-9-7-8-12-18(16)26-2)21-13-14-23-27(24,25)17-10-5-4-6-11-17/h4-12,23H,3,13-15H2,1-2H3,(H2,20,21,22). The number of nitrogens with one attached hydrogen (secondary N) is 3. The van der Waals surface area contributed by atoms with Gasteiger partial charge in [-0.15, -0.1) is 0 Å². The number of methoxy groups -OCH3 is 1. The number of aliphatic imine (C=N–C) groups is 1. The Bertz CT molecular complexity index is 839. The van der Waals surface area contributed by atoms with Crippen LogP contribution in [0.3, 0.4) is 0 Å².